The van der Waals surface area contributed by atoms with Crippen molar-refractivity contribution in [2.75, 3.05) is 11.9 Å². The number of benzene rings is 1. The Hall–Kier alpha value is -2.17. The lowest BCUT2D eigenvalue weighted by Gasteiger charge is -2.71. The minimum absolute atomic E-state index is 0.0460. The highest BCUT2D eigenvalue weighted by molar-refractivity contribution is 7.17. The molecule has 1 aromatic heterocycles. The summed E-state index contributed by atoms with van der Waals surface area (Å²) in [4.78, 5) is 15.0. The van der Waals surface area contributed by atoms with Crippen LogP contribution in [0.15, 0.2) is 41.3 Å². The standard InChI is InChI=1S/C56H83NO15S/c1-26-14-20-56(51(66)57-31-10-12-34-30(24-31)17-23-73-34)22-21-54(8)32(38(56)27(26)2)11-13-36-53(7)18-16-37(52(5,6)35(53)15-19-55(36,54)9)70-50-47(72-49-44(64)42(62)40(60)29(4)68-49)45(65)46(33(25-58)69-50)71-48-43(63)41(61)39(59)28(3)67-48/h10-12,17,23-24,26-29,33,35-50,58-65H,13-16,18-22,25H2,1-9H3,(H,57,66)/t26-,27+,28+,29+,33-,35+,36-,37+,38+,39+,40+,41-,42-,43-,44-,45+,46-,47-,48+,49+,50+,53+,54-,55-,56+/m1/s1. The van der Waals surface area contributed by atoms with Gasteiger partial charge in [-0.1, -0.05) is 60.1 Å². The van der Waals surface area contributed by atoms with Gasteiger partial charge in [0.1, 0.15) is 61.0 Å². The molecule has 1 amide bonds. The highest BCUT2D eigenvalue weighted by Gasteiger charge is 2.70. The van der Waals surface area contributed by atoms with Gasteiger partial charge in [0.15, 0.2) is 18.9 Å². The molecular formula is C56H83NO15S. The van der Waals surface area contributed by atoms with E-state index in [9.17, 15) is 45.6 Å². The summed E-state index contributed by atoms with van der Waals surface area (Å²) in [6.45, 7) is 19.1. The van der Waals surface area contributed by atoms with Gasteiger partial charge in [0.05, 0.1) is 30.3 Å². The van der Waals surface area contributed by atoms with Crippen LogP contribution in [0.3, 0.4) is 0 Å². The first-order valence-corrected chi connectivity index (χ1v) is 28.1. The summed E-state index contributed by atoms with van der Waals surface area (Å²) < 4.78 is 38.7. The molecule has 73 heavy (non-hydrogen) atoms. The Morgan fingerprint density at radius 3 is 2.01 bits per heavy atom. The number of carbonyl (C=O) groups excluding carboxylic acids is 1. The second-order valence-corrected chi connectivity index (χ2v) is 26.1. The number of allylic oxidation sites excluding steroid dienone is 2. The van der Waals surface area contributed by atoms with E-state index in [0.29, 0.717) is 24.2 Å². The van der Waals surface area contributed by atoms with E-state index in [0.717, 1.165) is 62.4 Å². The van der Waals surface area contributed by atoms with Gasteiger partial charge in [-0.05, 0) is 158 Å². The van der Waals surface area contributed by atoms with Crippen molar-refractivity contribution in [2.24, 2.45) is 56.7 Å². The highest BCUT2D eigenvalue weighted by Crippen LogP contribution is 2.76. The van der Waals surface area contributed by atoms with Crippen LogP contribution < -0.4 is 5.32 Å². The van der Waals surface area contributed by atoms with E-state index in [-0.39, 0.29) is 34.0 Å². The summed E-state index contributed by atoms with van der Waals surface area (Å²) in [6.07, 6.45) is -11.7. The molecule has 9 N–H and O–H groups in total. The number of thiophene rings is 1. The summed E-state index contributed by atoms with van der Waals surface area (Å²) in [5.41, 5.74) is 1.14. The minimum atomic E-state index is -1.74. The van der Waals surface area contributed by atoms with E-state index in [1.54, 1.807) is 11.3 Å². The van der Waals surface area contributed by atoms with Crippen LogP contribution in [0.4, 0.5) is 5.69 Å². The lowest BCUT2D eigenvalue weighted by atomic mass is 9.33. The van der Waals surface area contributed by atoms with E-state index >= 15 is 0 Å². The first kappa shape index (κ1) is 54.2. The zero-order valence-electron chi connectivity index (χ0n) is 44.0. The zero-order valence-corrected chi connectivity index (χ0v) is 44.8. The average Bonchev–Trinajstić information content (AvgIpc) is 3.83. The molecule has 408 valence electrons. The fourth-order valence-corrected chi connectivity index (χ4v) is 17.4. The van der Waals surface area contributed by atoms with Gasteiger partial charge < -0.3 is 74.6 Å². The van der Waals surface area contributed by atoms with Crippen molar-refractivity contribution in [3.8, 4) is 0 Å². The normalized spacial score (nSPS) is 50.7. The van der Waals surface area contributed by atoms with Crippen LogP contribution >= 0.6 is 11.3 Å². The van der Waals surface area contributed by atoms with E-state index in [2.05, 4.69) is 83.4 Å². The zero-order chi connectivity index (χ0) is 52.5. The van der Waals surface area contributed by atoms with E-state index in [1.165, 1.54) is 24.1 Å². The van der Waals surface area contributed by atoms with Gasteiger partial charge in [-0.25, -0.2) is 0 Å². The summed E-state index contributed by atoms with van der Waals surface area (Å²) >= 11 is 1.71. The third-order valence-corrected chi connectivity index (χ3v) is 22.3. The monoisotopic (exact) mass is 1040 g/mol. The molecule has 0 unspecified atom stereocenters. The molecule has 4 heterocycles. The number of aliphatic hydroxyl groups is 8. The molecule has 0 radical (unpaired) electrons. The maximum Gasteiger partial charge on any atom is 0.231 e. The Labute approximate surface area is 433 Å². The molecule has 8 aliphatic rings. The largest absolute Gasteiger partial charge is 0.394 e. The quantitative estimate of drug-likeness (QED) is 0.113. The van der Waals surface area contributed by atoms with Gasteiger partial charge in [0.2, 0.25) is 5.91 Å². The van der Waals surface area contributed by atoms with Crippen molar-refractivity contribution in [1.29, 1.82) is 0 Å². The van der Waals surface area contributed by atoms with Gasteiger partial charge in [0, 0.05) is 10.4 Å². The predicted molar refractivity (Wildman–Crippen MR) is 271 cm³/mol. The molecule has 4 saturated carbocycles. The second-order valence-electron chi connectivity index (χ2n) is 25.2. The number of aliphatic hydroxyl groups excluding tert-OH is 8. The van der Waals surface area contributed by atoms with Crippen molar-refractivity contribution in [3.63, 3.8) is 0 Å². The van der Waals surface area contributed by atoms with Crippen LogP contribution in [0.25, 0.3) is 10.1 Å². The molecule has 10 rings (SSSR count). The van der Waals surface area contributed by atoms with Crippen LogP contribution in [-0.2, 0) is 33.2 Å². The number of fused-ring (bicyclic) bond motifs is 8. The van der Waals surface area contributed by atoms with E-state index in [4.69, 9.17) is 28.4 Å². The van der Waals surface area contributed by atoms with Crippen molar-refractivity contribution in [3.05, 3.63) is 41.3 Å². The molecule has 3 saturated heterocycles. The van der Waals surface area contributed by atoms with Crippen LogP contribution in [0.2, 0.25) is 0 Å². The summed E-state index contributed by atoms with van der Waals surface area (Å²) in [5, 5.41) is 93.9. The second kappa shape index (κ2) is 19.6. The molecule has 7 fully saturated rings. The topological polar surface area (TPSA) is 246 Å². The summed E-state index contributed by atoms with van der Waals surface area (Å²) in [6, 6.07) is 8.37. The number of hydrogen-bond donors (Lipinski definition) is 9. The lowest BCUT2D eigenvalue weighted by molar-refractivity contribution is -0.393. The van der Waals surface area contributed by atoms with Crippen molar-refractivity contribution in [1.82, 2.24) is 0 Å². The summed E-state index contributed by atoms with van der Waals surface area (Å²) in [5.74, 6) is 1.67. The molecular weight excluding hydrogens is 959 g/mol. The van der Waals surface area contributed by atoms with Crippen LogP contribution in [0.1, 0.15) is 120 Å². The molecule has 16 nitrogen and oxygen atoms in total. The smallest absolute Gasteiger partial charge is 0.231 e. The first-order chi connectivity index (χ1) is 34.4. The number of rotatable bonds is 9. The summed E-state index contributed by atoms with van der Waals surface area (Å²) in [7, 11) is 0. The molecule has 0 bridgehead atoms. The van der Waals surface area contributed by atoms with Gasteiger partial charge in [-0.3, -0.25) is 4.79 Å². The van der Waals surface area contributed by atoms with Gasteiger partial charge in [-0.2, -0.15) is 0 Å². The molecule has 17 heteroatoms. The predicted octanol–water partition coefficient (Wildman–Crippen LogP) is 5.39. The number of nitrogens with one attached hydrogen (secondary N) is 1. The number of anilines is 1. The number of amides is 1. The van der Waals surface area contributed by atoms with E-state index in [1.807, 2.05) is 6.07 Å². The third-order valence-electron chi connectivity index (χ3n) is 21.4. The molecule has 1 aromatic carbocycles. The minimum Gasteiger partial charge on any atom is -0.394 e. The Bertz CT molecular complexity index is 2370. The van der Waals surface area contributed by atoms with Gasteiger partial charge >= 0.3 is 0 Å². The maximum atomic E-state index is 15.0. The molecule has 25 atom stereocenters. The molecule has 3 aliphatic heterocycles. The van der Waals surface area contributed by atoms with Gasteiger partial charge in [-0.15, -0.1) is 11.3 Å². The third kappa shape index (κ3) is 8.55. The van der Waals surface area contributed by atoms with Gasteiger partial charge in [0.25, 0.3) is 0 Å². The fraction of sp³-hybridized carbons (Fsp3) is 0.804. The number of carbonyl (C=O) groups is 1. The maximum absolute atomic E-state index is 15.0. The van der Waals surface area contributed by atoms with Crippen molar-refractivity contribution < 1.29 is 74.1 Å². The highest BCUT2D eigenvalue weighted by atomic mass is 32.1. The Balaban J connectivity index is 0.914. The van der Waals surface area contributed by atoms with Crippen LogP contribution in [-0.4, -0.2) is 152 Å². The van der Waals surface area contributed by atoms with Crippen molar-refractivity contribution in [2.45, 2.75) is 218 Å². The van der Waals surface area contributed by atoms with Crippen LogP contribution in [0, 0.1) is 56.7 Å². The Morgan fingerprint density at radius 2 is 1.36 bits per heavy atom. The Morgan fingerprint density at radius 1 is 0.699 bits per heavy atom. The SMILES string of the molecule is C[C@H]1[C@H](C)CC[C@]2(C(=O)Nc3ccc4sccc4c3)CC[C@]3(C)C(=CC[C@@H]4[C@@]5(C)CC[C@H](O[C@@H]6O[C@H](CO)[C@@H](O[C@@H]7O[C@@H](C)[C@H](O)[C@@H](O)[C@H]7O)[C@H](O)[C@H]6O[C@@H]6O[C@@H](C)[C@H](O)[C@@H](O)[C@H]6O)C(C)(C)[C@@H]5CC[C@]43C)[C@H]12. The molecule has 5 aliphatic carbocycles. The first-order valence-electron chi connectivity index (χ1n) is 27.2. The molecule has 0 spiro atoms. The number of hydrogen-bond acceptors (Lipinski definition) is 16. The average molecular weight is 1040 g/mol. The number of ether oxygens (including phenoxy) is 6. The lowest BCUT2D eigenvalue weighted by Crippen LogP contribution is -2.68. The molecule has 2 aromatic rings. The Kier molecular flexibility index (Phi) is 14.6. The fourth-order valence-electron chi connectivity index (χ4n) is 16.6. The van der Waals surface area contributed by atoms with Crippen LogP contribution in [0.5, 0.6) is 0 Å². The van der Waals surface area contributed by atoms with E-state index < -0.39 is 116 Å². The van der Waals surface area contributed by atoms with Crippen molar-refractivity contribution >= 4 is 33.0 Å².